The molecule has 0 radical (unpaired) electrons. The first kappa shape index (κ1) is 23.0. The zero-order valence-electron chi connectivity index (χ0n) is 18.6. The van der Waals surface area contributed by atoms with Gasteiger partial charge in [0.15, 0.2) is 5.11 Å². The summed E-state index contributed by atoms with van der Waals surface area (Å²) in [7, 11) is 1.64. The lowest BCUT2D eigenvalue weighted by Gasteiger charge is -2.31. The fraction of sp³-hybridized carbons (Fsp3) is 0.565. The minimum absolute atomic E-state index is 0.0963. The van der Waals surface area contributed by atoms with E-state index in [-0.39, 0.29) is 11.7 Å². The minimum Gasteiger partial charge on any atom is -0.497 e. The first-order valence-electron chi connectivity index (χ1n) is 11.3. The Morgan fingerprint density at radius 2 is 2.16 bits per heavy atom. The van der Waals surface area contributed by atoms with Gasteiger partial charge in [0.2, 0.25) is 0 Å². The second-order valence-electron chi connectivity index (χ2n) is 8.27. The van der Waals surface area contributed by atoms with Crippen molar-refractivity contribution < 1.29 is 14.2 Å². The van der Waals surface area contributed by atoms with Gasteiger partial charge >= 0.3 is 0 Å². The zero-order chi connectivity index (χ0) is 22.3. The van der Waals surface area contributed by atoms with Gasteiger partial charge in [0, 0.05) is 55.8 Å². The SMILES string of the molecule is COc1ccc2[nH]c(=O)c(CN(CCN3CCOCC3)C(=S)NC[C@@H]3CCCO3)cc2c1. The van der Waals surface area contributed by atoms with Crippen molar-refractivity contribution >= 4 is 28.2 Å². The van der Waals surface area contributed by atoms with E-state index in [0.717, 1.165) is 75.5 Å². The number of aromatic nitrogens is 1. The van der Waals surface area contributed by atoms with Gasteiger partial charge in [0.25, 0.3) is 5.56 Å². The molecule has 1 atom stereocenters. The summed E-state index contributed by atoms with van der Waals surface area (Å²) in [5.74, 6) is 0.758. The fourth-order valence-corrected chi connectivity index (χ4v) is 4.38. The highest BCUT2D eigenvalue weighted by atomic mass is 32.1. The predicted molar refractivity (Wildman–Crippen MR) is 128 cm³/mol. The van der Waals surface area contributed by atoms with Crippen LogP contribution >= 0.6 is 12.2 Å². The predicted octanol–water partition coefficient (Wildman–Crippen LogP) is 1.72. The van der Waals surface area contributed by atoms with Crippen LogP contribution in [0.4, 0.5) is 0 Å². The Morgan fingerprint density at radius 1 is 1.31 bits per heavy atom. The number of aromatic amines is 1. The van der Waals surface area contributed by atoms with E-state index >= 15 is 0 Å². The number of hydrogen-bond acceptors (Lipinski definition) is 6. The van der Waals surface area contributed by atoms with Gasteiger partial charge in [-0.1, -0.05) is 0 Å². The van der Waals surface area contributed by atoms with Gasteiger partial charge in [0.1, 0.15) is 5.75 Å². The lowest BCUT2D eigenvalue weighted by atomic mass is 10.1. The highest BCUT2D eigenvalue weighted by Crippen LogP contribution is 2.19. The second-order valence-corrected chi connectivity index (χ2v) is 8.66. The third-order valence-corrected chi connectivity index (χ3v) is 6.47. The molecule has 2 aromatic rings. The van der Waals surface area contributed by atoms with E-state index in [9.17, 15) is 4.79 Å². The summed E-state index contributed by atoms with van der Waals surface area (Å²) >= 11 is 5.74. The Hall–Kier alpha value is -2.20. The Bertz CT molecular complexity index is 970. The van der Waals surface area contributed by atoms with Crippen LogP contribution in [-0.4, -0.2) is 85.7 Å². The number of H-pyrrole nitrogens is 1. The van der Waals surface area contributed by atoms with Crippen LogP contribution in [0.25, 0.3) is 10.9 Å². The summed E-state index contributed by atoms with van der Waals surface area (Å²) < 4.78 is 16.5. The maximum absolute atomic E-state index is 12.8. The molecule has 0 aliphatic carbocycles. The number of methoxy groups -OCH3 is 1. The van der Waals surface area contributed by atoms with E-state index in [0.29, 0.717) is 23.8 Å². The van der Waals surface area contributed by atoms with Gasteiger partial charge in [-0.3, -0.25) is 9.69 Å². The molecule has 8 nitrogen and oxygen atoms in total. The standard InChI is InChI=1S/C23H32N4O4S/c1-29-19-4-5-21-17(14-19)13-18(22(28)25-21)16-27(7-6-26-8-11-30-12-9-26)23(32)24-15-20-3-2-10-31-20/h4-5,13-14,20H,2-3,6-12,15-16H2,1H3,(H,24,32)(H,25,28)/t20-/m0/s1. The maximum atomic E-state index is 12.8. The number of nitrogens with one attached hydrogen (secondary N) is 2. The molecule has 174 valence electrons. The van der Waals surface area contributed by atoms with Crippen LogP contribution in [0.1, 0.15) is 18.4 Å². The van der Waals surface area contributed by atoms with Crippen molar-refractivity contribution in [3.05, 3.63) is 40.2 Å². The van der Waals surface area contributed by atoms with E-state index in [1.54, 1.807) is 7.11 Å². The van der Waals surface area contributed by atoms with E-state index in [1.807, 2.05) is 24.3 Å². The number of thiocarbonyl (C=S) groups is 1. The lowest BCUT2D eigenvalue weighted by molar-refractivity contribution is 0.0356. The van der Waals surface area contributed by atoms with Crippen molar-refractivity contribution in [1.29, 1.82) is 0 Å². The van der Waals surface area contributed by atoms with E-state index in [4.69, 9.17) is 26.4 Å². The quantitative estimate of drug-likeness (QED) is 0.577. The van der Waals surface area contributed by atoms with Crippen LogP contribution in [0.5, 0.6) is 5.75 Å². The third-order valence-electron chi connectivity index (χ3n) is 6.07. The highest BCUT2D eigenvalue weighted by Gasteiger charge is 2.19. The molecule has 0 saturated carbocycles. The number of pyridine rings is 1. The molecule has 2 saturated heterocycles. The smallest absolute Gasteiger partial charge is 0.253 e. The molecule has 2 fully saturated rings. The average molecular weight is 461 g/mol. The lowest BCUT2D eigenvalue weighted by Crippen LogP contribution is -2.47. The normalized spacial score (nSPS) is 19.2. The van der Waals surface area contributed by atoms with Crippen molar-refractivity contribution in [2.24, 2.45) is 0 Å². The van der Waals surface area contributed by atoms with E-state index in [1.165, 1.54) is 0 Å². The van der Waals surface area contributed by atoms with Crippen molar-refractivity contribution in [1.82, 2.24) is 20.1 Å². The summed E-state index contributed by atoms with van der Waals surface area (Å²) in [6, 6.07) is 7.57. The molecule has 2 aliphatic heterocycles. The summed E-state index contributed by atoms with van der Waals surface area (Å²) in [5.41, 5.74) is 1.37. The fourth-order valence-electron chi connectivity index (χ4n) is 4.14. The number of ether oxygens (including phenoxy) is 3. The van der Waals surface area contributed by atoms with Crippen LogP contribution in [0.2, 0.25) is 0 Å². The van der Waals surface area contributed by atoms with Crippen molar-refractivity contribution in [2.75, 3.05) is 59.7 Å². The Kier molecular flexibility index (Phi) is 7.96. The van der Waals surface area contributed by atoms with Crippen LogP contribution in [0, 0.1) is 0 Å². The monoisotopic (exact) mass is 460 g/mol. The molecule has 1 aromatic carbocycles. The van der Waals surface area contributed by atoms with E-state index < -0.39 is 0 Å². The summed E-state index contributed by atoms with van der Waals surface area (Å²) in [4.78, 5) is 20.2. The summed E-state index contributed by atoms with van der Waals surface area (Å²) in [6.45, 7) is 6.89. The number of benzene rings is 1. The Labute approximate surface area is 193 Å². The van der Waals surface area contributed by atoms with Gasteiger partial charge in [-0.2, -0.15) is 0 Å². The van der Waals surface area contributed by atoms with Gasteiger partial charge in [-0.15, -0.1) is 0 Å². The molecule has 0 amide bonds. The molecule has 2 N–H and O–H groups in total. The van der Waals surface area contributed by atoms with Gasteiger partial charge < -0.3 is 29.4 Å². The number of morpholine rings is 1. The van der Waals surface area contributed by atoms with Gasteiger partial charge in [-0.05, 0) is 49.3 Å². The third kappa shape index (κ3) is 5.98. The summed E-state index contributed by atoms with van der Waals surface area (Å²) in [6.07, 6.45) is 2.34. The molecule has 0 bridgehead atoms. The number of hydrogen-bond donors (Lipinski definition) is 2. The molecule has 4 rings (SSSR count). The Balaban J connectivity index is 1.49. The van der Waals surface area contributed by atoms with E-state index in [2.05, 4.69) is 20.1 Å². The van der Waals surface area contributed by atoms with Crippen LogP contribution in [0.3, 0.4) is 0 Å². The van der Waals surface area contributed by atoms with Crippen LogP contribution in [0.15, 0.2) is 29.1 Å². The number of fused-ring (bicyclic) bond motifs is 1. The first-order valence-corrected chi connectivity index (χ1v) is 11.7. The molecule has 32 heavy (non-hydrogen) atoms. The van der Waals surface area contributed by atoms with Crippen LogP contribution in [-0.2, 0) is 16.0 Å². The largest absolute Gasteiger partial charge is 0.497 e. The molecule has 0 spiro atoms. The summed E-state index contributed by atoms with van der Waals surface area (Å²) in [5, 5.41) is 4.95. The molecular formula is C23H32N4O4S. The van der Waals surface area contributed by atoms with Gasteiger partial charge in [-0.25, -0.2) is 0 Å². The topological polar surface area (TPSA) is 79.1 Å². The highest BCUT2D eigenvalue weighted by molar-refractivity contribution is 7.80. The number of nitrogens with zero attached hydrogens (tertiary/aromatic N) is 2. The molecule has 1 aromatic heterocycles. The van der Waals surface area contributed by atoms with Crippen molar-refractivity contribution in [3.63, 3.8) is 0 Å². The molecule has 2 aliphatic rings. The molecule has 9 heteroatoms. The molecular weight excluding hydrogens is 428 g/mol. The zero-order valence-corrected chi connectivity index (χ0v) is 19.4. The first-order chi connectivity index (χ1) is 15.6. The van der Waals surface area contributed by atoms with Crippen LogP contribution < -0.4 is 15.6 Å². The average Bonchev–Trinajstić information content (AvgIpc) is 3.34. The van der Waals surface area contributed by atoms with Crippen molar-refractivity contribution in [3.8, 4) is 5.75 Å². The maximum Gasteiger partial charge on any atom is 0.253 e. The second kappa shape index (κ2) is 11.1. The molecule has 3 heterocycles. The van der Waals surface area contributed by atoms with Gasteiger partial charge in [0.05, 0.1) is 33.0 Å². The Morgan fingerprint density at radius 3 is 2.91 bits per heavy atom. The minimum atomic E-state index is -0.0963. The number of rotatable bonds is 8. The van der Waals surface area contributed by atoms with Crippen molar-refractivity contribution in [2.45, 2.75) is 25.5 Å². The molecule has 0 unspecified atom stereocenters.